The highest BCUT2D eigenvalue weighted by atomic mass is 16.5. The molecule has 2 atom stereocenters. The molecular formula is C15H22N2O3. The average Bonchev–Trinajstić information content (AvgIpc) is 2.83. The van der Waals surface area contributed by atoms with Gasteiger partial charge in [-0.15, -0.1) is 0 Å². The summed E-state index contributed by atoms with van der Waals surface area (Å²) in [6.07, 6.45) is 0.665. The first-order valence-electron chi connectivity index (χ1n) is 6.90. The van der Waals surface area contributed by atoms with Crippen molar-refractivity contribution in [1.82, 2.24) is 5.32 Å². The molecular weight excluding hydrogens is 256 g/mol. The Bertz CT molecular complexity index is 470. The minimum absolute atomic E-state index is 0.0832. The van der Waals surface area contributed by atoms with Crippen LogP contribution in [0.15, 0.2) is 24.3 Å². The molecule has 1 heterocycles. The fourth-order valence-corrected chi connectivity index (χ4v) is 2.29. The van der Waals surface area contributed by atoms with Crippen LogP contribution in [0, 0.1) is 0 Å². The van der Waals surface area contributed by atoms with Crippen LogP contribution in [0.4, 0.5) is 5.69 Å². The van der Waals surface area contributed by atoms with E-state index in [1.54, 1.807) is 0 Å². The molecule has 20 heavy (non-hydrogen) atoms. The Morgan fingerprint density at radius 1 is 1.55 bits per heavy atom. The monoisotopic (exact) mass is 278 g/mol. The molecule has 5 heteroatoms. The molecule has 0 bridgehead atoms. The zero-order chi connectivity index (χ0) is 14.6. The van der Waals surface area contributed by atoms with Crippen LogP contribution in [-0.4, -0.2) is 36.4 Å². The number of carbonyl (C=O) groups excluding carboxylic acids is 1. The summed E-state index contributed by atoms with van der Waals surface area (Å²) in [7, 11) is 0. The smallest absolute Gasteiger partial charge is 0.221 e. The molecule has 5 nitrogen and oxygen atoms in total. The highest BCUT2D eigenvalue weighted by molar-refractivity contribution is 5.88. The Kier molecular flexibility index (Phi) is 4.75. The lowest BCUT2D eigenvalue weighted by Crippen LogP contribution is -2.41. The van der Waals surface area contributed by atoms with Gasteiger partial charge in [0, 0.05) is 38.2 Å². The largest absolute Gasteiger partial charge is 0.386 e. The molecule has 1 aromatic carbocycles. The number of amides is 1. The molecule has 0 unspecified atom stereocenters. The molecule has 1 amide bonds. The van der Waals surface area contributed by atoms with Crippen LogP contribution in [0.25, 0.3) is 0 Å². The summed E-state index contributed by atoms with van der Waals surface area (Å²) < 4.78 is 5.22. The van der Waals surface area contributed by atoms with E-state index >= 15 is 0 Å². The summed E-state index contributed by atoms with van der Waals surface area (Å²) in [5, 5.41) is 16.3. The van der Waals surface area contributed by atoms with E-state index in [2.05, 4.69) is 10.6 Å². The van der Waals surface area contributed by atoms with E-state index in [1.807, 2.05) is 31.2 Å². The second-order valence-electron chi connectivity index (χ2n) is 5.44. The first-order valence-corrected chi connectivity index (χ1v) is 6.90. The lowest BCUT2D eigenvalue weighted by Gasteiger charge is -2.24. The van der Waals surface area contributed by atoms with Gasteiger partial charge in [-0.05, 0) is 24.6 Å². The van der Waals surface area contributed by atoms with Gasteiger partial charge in [0.2, 0.25) is 5.91 Å². The average molecular weight is 278 g/mol. The number of ether oxygens (including phenoxy) is 1. The van der Waals surface area contributed by atoms with E-state index < -0.39 is 5.60 Å². The number of nitrogens with one attached hydrogen (secondary N) is 2. The van der Waals surface area contributed by atoms with Crippen molar-refractivity contribution < 1.29 is 14.6 Å². The van der Waals surface area contributed by atoms with Gasteiger partial charge in [-0.3, -0.25) is 4.79 Å². The lowest BCUT2D eigenvalue weighted by molar-refractivity contribution is -0.114. The van der Waals surface area contributed by atoms with Crippen LogP contribution >= 0.6 is 0 Å². The van der Waals surface area contributed by atoms with Gasteiger partial charge >= 0.3 is 0 Å². The maximum atomic E-state index is 11.1. The van der Waals surface area contributed by atoms with Crippen LogP contribution in [0.1, 0.15) is 31.9 Å². The quantitative estimate of drug-likeness (QED) is 0.762. The van der Waals surface area contributed by atoms with Gasteiger partial charge in [0.1, 0.15) is 5.60 Å². The van der Waals surface area contributed by atoms with E-state index in [0.29, 0.717) is 26.2 Å². The summed E-state index contributed by atoms with van der Waals surface area (Å²) in [6.45, 7) is 5.03. The molecule has 1 aromatic rings. The van der Waals surface area contributed by atoms with Crippen LogP contribution in [-0.2, 0) is 9.53 Å². The topological polar surface area (TPSA) is 70.6 Å². The Balaban J connectivity index is 1.94. The third kappa shape index (κ3) is 4.03. The van der Waals surface area contributed by atoms with Gasteiger partial charge < -0.3 is 20.5 Å². The van der Waals surface area contributed by atoms with Gasteiger partial charge in [-0.1, -0.05) is 12.1 Å². The molecule has 1 aliphatic heterocycles. The fourth-order valence-electron chi connectivity index (χ4n) is 2.29. The van der Waals surface area contributed by atoms with Gasteiger partial charge in [0.15, 0.2) is 0 Å². The van der Waals surface area contributed by atoms with E-state index in [-0.39, 0.29) is 11.9 Å². The van der Waals surface area contributed by atoms with Crippen LogP contribution in [0.5, 0.6) is 0 Å². The number of benzene rings is 1. The molecule has 0 radical (unpaired) electrons. The van der Waals surface area contributed by atoms with Crippen molar-refractivity contribution in [2.24, 2.45) is 0 Å². The molecule has 1 saturated heterocycles. The Labute approximate surface area is 119 Å². The molecule has 110 valence electrons. The summed E-state index contributed by atoms with van der Waals surface area (Å²) in [5.41, 5.74) is 1.09. The van der Waals surface area contributed by atoms with Crippen molar-refractivity contribution in [3.63, 3.8) is 0 Å². The van der Waals surface area contributed by atoms with Crippen molar-refractivity contribution in [3.8, 4) is 0 Å². The number of anilines is 1. The Morgan fingerprint density at radius 2 is 2.35 bits per heavy atom. The molecule has 2 rings (SSSR count). The number of hydrogen-bond acceptors (Lipinski definition) is 4. The van der Waals surface area contributed by atoms with Crippen molar-refractivity contribution in [1.29, 1.82) is 0 Å². The lowest BCUT2D eigenvalue weighted by atomic mass is 10.0. The molecule has 0 aromatic heterocycles. The number of rotatable bonds is 5. The molecule has 0 spiro atoms. The Morgan fingerprint density at radius 3 is 3.00 bits per heavy atom. The first-order chi connectivity index (χ1) is 9.48. The predicted molar refractivity (Wildman–Crippen MR) is 77.5 cm³/mol. The zero-order valence-corrected chi connectivity index (χ0v) is 12.0. The normalized spacial score (nSPS) is 23.6. The molecule has 0 saturated carbocycles. The van der Waals surface area contributed by atoms with Gasteiger partial charge in [0.05, 0.1) is 6.61 Å². The molecule has 3 N–H and O–H groups in total. The van der Waals surface area contributed by atoms with E-state index in [4.69, 9.17) is 4.74 Å². The van der Waals surface area contributed by atoms with E-state index in [1.165, 1.54) is 6.92 Å². The van der Waals surface area contributed by atoms with Crippen molar-refractivity contribution in [2.75, 3.05) is 25.1 Å². The molecule has 0 aliphatic carbocycles. The maximum absolute atomic E-state index is 11.1. The number of carbonyl (C=O) groups is 1. The van der Waals surface area contributed by atoms with E-state index in [9.17, 15) is 9.90 Å². The standard InChI is InChI=1S/C15H22N2O3/c1-11(16-9-15(19)6-7-20-10-15)13-4-3-5-14(8-13)17-12(2)18/h3-5,8,11,16,19H,6-7,9-10H2,1-2H3,(H,17,18)/t11-,15-/m0/s1. The molecule has 1 fully saturated rings. The minimum atomic E-state index is -0.760. The zero-order valence-electron chi connectivity index (χ0n) is 12.0. The summed E-state index contributed by atoms with van der Waals surface area (Å²) in [4.78, 5) is 11.1. The van der Waals surface area contributed by atoms with Gasteiger partial charge in [-0.25, -0.2) is 0 Å². The fraction of sp³-hybridized carbons (Fsp3) is 0.533. The van der Waals surface area contributed by atoms with Crippen LogP contribution in [0.3, 0.4) is 0 Å². The number of aliphatic hydroxyl groups is 1. The minimum Gasteiger partial charge on any atom is -0.386 e. The summed E-state index contributed by atoms with van der Waals surface area (Å²) >= 11 is 0. The van der Waals surface area contributed by atoms with Gasteiger partial charge in [-0.2, -0.15) is 0 Å². The summed E-state index contributed by atoms with van der Waals surface area (Å²) in [5.74, 6) is -0.0832. The van der Waals surface area contributed by atoms with Crippen LogP contribution in [0.2, 0.25) is 0 Å². The SMILES string of the molecule is CC(=O)Nc1cccc([C@H](C)NC[C@@]2(O)CCOC2)c1. The Hall–Kier alpha value is -1.43. The third-order valence-electron chi connectivity index (χ3n) is 3.53. The van der Waals surface area contributed by atoms with Gasteiger partial charge in [0.25, 0.3) is 0 Å². The van der Waals surface area contributed by atoms with Crippen molar-refractivity contribution in [2.45, 2.75) is 31.9 Å². The van der Waals surface area contributed by atoms with Crippen molar-refractivity contribution >= 4 is 11.6 Å². The van der Waals surface area contributed by atoms with Crippen LogP contribution < -0.4 is 10.6 Å². The second-order valence-corrected chi connectivity index (χ2v) is 5.44. The summed E-state index contributed by atoms with van der Waals surface area (Å²) in [6, 6.07) is 7.79. The first kappa shape index (κ1) is 15.0. The second kappa shape index (κ2) is 6.35. The molecule has 1 aliphatic rings. The third-order valence-corrected chi connectivity index (χ3v) is 3.53. The predicted octanol–water partition coefficient (Wildman–Crippen LogP) is 1.45. The highest BCUT2D eigenvalue weighted by Gasteiger charge is 2.32. The van der Waals surface area contributed by atoms with Crippen molar-refractivity contribution in [3.05, 3.63) is 29.8 Å². The highest BCUT2D eigenvalue weighted by Crippen LogP contribution is 2.21. The maximum Gasteiger partial charge on any atom is 0.221 e. The number of hydrogen-bond donors (Lipinski definition) is 3. The van der Waals surface area contributed by atoms with E-state index in [0.717, 1.165) is 11.3 Å².